The first-order chi connectivity index (χ1) is 16.0. The SMILES string of the molecule is C=C(C)C(=O)NC1=NN(c2ccccc2)C(=O)C1SCCCCCCCCCCCCCC. The maximum absolute atomic E-state index is 13.0. The molecule has 0 saturated carbocycles. The van der Waals surface area contributed by atoms with Gasteiger partial charge in [0.25, 0.3) is 11.8 Å². The van der Waals surface area contributed by atoms with Crippen molar-refractivity contribution >= 4 is 35.1 Å². The highest BCUT2D eigenvalue weighted by Crippen LogP contribution is 2.27. The molecule has 0 bridgehead atoms. The monoisotopic (exact) mass is 471 g/mol. The van der Waals surface area contributed by atoms with E-state index in [0.717, 1.165) is 12.2 Å². The van der Waals surface area contributed by atoms with Crippen molar-refractivity contribution in [3.05, 3.63) is 42.5 Å². The van der Waals surface area contributed by atoms with Gasteiger partial charge in [0.05, 0.1) is 5.69 Å². The van der Waals surface area contributed by atoms with Crippen LogP contribution in [0.3, 0.4) is 0 Å². The standard InChI is InChI=1S/C27H41N3O2S/c1-4-5-6-7-8-9-10-11-12-13-14-18-21-33-24-25(28-26(31)22(2)3)29-30(27(24)32)23-19-16-15-17-20-23/h15-17,19-20,24H,2,4-14,18,21H2,1,3H3,(H,28,29,31). The van der Waals surface area contributed by atoms with Crippen LogP contribution in [0.1, 0.15) is 90.9 Å². The van der Waals surface area contributed by atoms with E-state index >= 15 is 0 Å². The fraction of sp³-hybridized carbons (Fsp3) is 0.593. The molecule has 0 aromatic heterocycles. The highest BCUT2D eigenvalue weighted by Gasteiger charge is 2.38. The summed E-state index contributed by atoms with van der Waals surface area (Å²) in [5.74, 6) is 0.869. The molecule has 5 nitrogen and oxygen atoms in total. The number of amides is 2. The second-order valence-corrected chi connectivity index (χ2v) is 10.1. The van der Waals surface area contributed by atoms with Crippen molar-refractivity contribution in [1.29, 1.82) is 0 Å². The van der Waals surface area contributed by atoms with E-state index < -0.39 is 5.25 Å². The molecule has 2 amide bonds. The van der Waals surface area contributed by atoms with Crippen molar-refractivity contribution in [2.75, 3.05) is 10.8 Å². The van der Waals surface area contributed by atoms with Crippen LogP contribution >= 0.6 is 11.8 Å². The average molecular weight is 472 g/mol. The molecule has 2 rings (SSSR count). The minimum Gasteiger partial charge on any atom is -0.308 e. The van der Waals surface area contributed by atoms with Crippen molar-refractivity contribution in [2.24, 2.45) is 5.10 Å². The van der Waals surface area contributed by atoms with Gasteiger partial charge in [0, 0.05) is 5.57 Å². The number of thioether (sulfide) groups is 1. The summed E-state index contributed by atoms with van der Waals surface area (Å²) >= 11 is 1.57. The molecule has 0 spiro atoms. The Balaban J connectivity index is 1.70. The number of carbonyl (C=O) groups is 2. The van der Waals surface area contributed by atoms with Crippen molar-refractivity contribution in [3.63, 3.8) is 0 Å². The number of nitrogens with one attached hydrogen (secondary N) is 1. The number of benzene rings is 1. The molecule has 6 heteroatoms. The molecule has 182 valence electrons. The van der Waals surface area contributed by atoms with Gasteiger partial charge in [-0.2, -0.15) is 5.01 Å². The zero-order valence-corrected chi connectivity index (χ0v) is 21.3. The molecule has 1 heterocycles. The first kappa shape index (κ1) is 27.2. The minimum absolute atomic E-state index is 0.109. The number of nitrogens with zero attached hydrogens (tertiary/aromatic N) is 2. The van der Waals surface area contributed by atoms with Gasteiger partial charge >= 0.3 is 0 Å². The van der Waals surface area contributed by atoms with Crippen LogP contribution in [0.25, 0.3) is 0 Å². The third-order valence-electron chi connectivity index (χ3n) is 5.80. The van der Waals surface area contributed by atoms with Gasteiger partial charge in [0.1, 0.15) is 5.25 Å². The summed E-state index contributed by atoms with van der Waals surface area (Å²) in [7, 11) is 0. The Morgan fingerprint density at radius 2 is 1.52 bits per heavy atom. The number of unbranched alkanes of at least 4 members (excludes halogenated alkanes) is 11. The normalized spacial score (nSPS) is 15.6. The van der Waals surface area contributed by atoms with Crippen LogP contribution in [-0.2, 0) is 9.59 Å². The van der Waals surface area contributed by atoms with Gasteiger partial charge in [-0.25, -0.2) is 0 Å². The van der Waals surface area contributed by atoms with E-state index in [1.807, 2.05) is 30.3 Å². The van der Waals surface area contributed by atoms with Crippen LogP contribution in [0.2, 0.25) is 0 Å². The van der Waals surface area contributed by atoms with E-state index in [1.165, 1.54) is 75.6 Å². The predicted octanol–water partition coefficient (Wildman–Crippen LogP) is 6.84. The molecule has 1 unspecified atom stereocenters. The van der Waals surface area contributed by atoms with Gasteiger partial charge < -0.3 is 5.32 Å². The number of hydrazone groups is 1. The quantitative estimate of drug-likeness (QED) is 0.212. The van der Waals surface area contributed by atoms with Gasteiger partial charge in [0.15, 0.2) is 5.84 Å². The molecule has 1 aliphatic heterocycles. The van der Waals surface area contributed by atoms with Gasteiger partial charge in [-0.15, -0.1) is 16.9 Å². The molecule has 1 aliphatic rings. The number of rotatable bonds is 16. The van der Waals surface area contributed by atoms with E-state index in [1.54, 1.807) is 18.7 Å². The second kappa shape index (κ2) is 15.7. The van der Waals surface area contributed by atoms with Gasteiger partial charge in [-0.3, -0.25) is 9.59 Å². The smallest absolute Gasteiger partial charge is 0.268 e. The number of carbonyl (C=O) groups excluding carboxylic acids is 2. The average Bonchev–Trinajstić information content (AvgIpc) is 3.12. The lowest BCUT2D eigenvalue weighted by atomic mass is 10.1. The molecule has 1 aromatic rings. The van der Waals surface area contributed by atoms with Crippen molar-refractivity contribution in [3.8, 4) is 0 Å². The lowest BCUT2D eigenvalue weighted by Gasteiger charge is -2.14. The first-order valence-corrected chi connectivity index (χ1v) is 13.7. The highest BCUT2D eigenvalue weighted by molar-refractivity contribution is 8.01. The zero-order chi connectivity index (χ0) is 23.9. The molecule has 1 aromatic carbocycles. The summed E-state index contributed by atoms with van der Waals surface area (Å²) in [5, 5.41) is 8.13. The van der Waals surface area contributed by atoms with Crippen molar-refractivity contribution < 1.29 is 9.59 Å². The Kier molecular flexibility index (Phi) is 12.9. The van der Waals surface area contributed by atoms with Crippen LogP contribution in [0, 0.1) is 0 Å². The molecule has 1 atom stereocenters. The number of anilines is 1. The molecule has 0 fully saturated rings. The summed E-state index contributed by atoms with van der Waals surface area (Å²) in [6, 6.07) is 9.33. The molecular formula is C27H41N3O2S. The van der Waals surface area contributed by atoms with E-state index in [9.17, 15) is 9.59 Å². The van der Waals surface area contributed by atoms with E-state index in [-0.39, 0.29) is 11.8 Å². The summed E-state index contributed by atoms with van der Waals surface area (Å²) in [6.07, 6.45) is 15.7. The fourth-order valence-electron chi connectivity index (χ4n) is 3.80. The summed E-state index contributed by atoms with van der Waals surface area (Å²) in [5.41, 5.74) is 1.10. The third-order valence-corrected chi connectivity index (χ3v) is 7.08. The van der Waals surface area contributed by atoms with Crippen LogP contribution in [0.5, 0.6) is 0 Å². The van der Waals surface area contributed by atoms with E-state index in [0.29, 0.717) is 17.1 Å². The van der Waals surface area contributed by atoms with Crippen LogP contribution in [0.4, 0.5) is 5.69 Å². The molecule has 0 saturated heterocycles. The van der Waals surface area contributed by atoms with Crippen LogP contribution in [-0.4, -0.2) is 28.7 Å². The summed E-state index contributed by atoms with van der Waals surface area (Å²) < 4.78 is 0. The van der Waals surface area contributed by atoms with E-state index in [2.05, 4.69) is 23.9 Å². The van der Waals surface area contributed by atoms with Crippen LogP contribution < -0.4 is 10.3 Å². The van der Waals surface area contributed by atoms with Crippen LogP contribution in [0.15, 0.2) is 47.6 Å². The lowest BCUT2D eigenvalue weighted by molar-refractivity contribution is -0.116. The molecule has 0 aliphatic carbocycles. The predicted molar refractivity (Wildman–Crippen MR) is 142 cm³/mol. The topological polar surface area (TPSA) is 61.8 Å². The Hall–Kier alpha value is -2.08. The largest absolute Gasteiger partial charge is 0.308 e. The maximum Gasteiger partial charge on any atom is 0.268 e. The van der Waals surface area contributed by atoms with E-state index in [4.69, 9.17) is 0 Å². The Morgan fingerprint density at radius 3 is 2.06 bits per heavy atom. The van der Waals surface area contributed by atoms with Crippen molar-refractivity contribution in [2.45, 2.75) is 96.1 Å². The Morgan fingerprint density at radius 1 is 0.970 bits per heavy atom. The van der Waals surface area contributed by atoms with Gasteiger partial charge in [0.2, 0.25) is 0 Å². The highest BCUT2D eigenvalue weighted by atomic mass is 32.2. The maximum atomic E-state index is 13.0. The number of hydrogen-bond acceptors (Lipinski definition) is 4. The third kappa shape index (κ3) is 9.75. The Bertz CT molecular complexity index is 779. The molecule has 33 heavy (non-hydrogen) atoms. The molecule has 1 N–H and O–H groups in total. The number of para-hydroxylation sites is 1. The van der Waals surface area contributed by atoms with Crippen molar-refractivity contribution in [1.82, 2.24) is 5.32 Å². The fourth-order valence-corrected chi connectivity index (χ4v) is 4.91. The lowest BCUT2D eigenvalue weighted by Crippen LogP contribution is -2.39. The number of hydrogen-bond donors (Lipinski definition) is 1. The Labute approximate surface area is 204 Å². The summed E-state index contributed by atoms with van der Waals surface area (Å²) in [4.78, 5) is 25.2. The van der Waals surface area contributed by atoms with Gasteiger partial charge in [-0.05, 0) is 31.2 Å². The summed E-state index contributed by atoms with van der Waals surface area (Å²) in [6.45, 7) is 7.60. The minimum atomic E-state index is -0.485. The molecule has 0 radical (unpaired) electrons. The van der Waals surface area contributed by atoms with Gasteiger partial charge in [-0.1, -0.05) is 102 Å². The second-order valence-electron chi connectivity index (χ2n) is 8.85. The first-order valence-electron chi connectivity index (χ1n) is 12.6. The zero-order valence-electron chi connectivity index (χ0n) is 20.5. The number of amidine groups is 1. The molecular weight excluding hydrogens is 430 g/mol.